The van der Waals surface area contributed by atoms with Crippen LogP contribution in [0.15, 0.2) is 53.4 Å². The van der Waals surface area contributed by atoms with E-state index >= 15 is 0 Å². The van der Waals surface area contributed by atoms with Gasteiger partial charge in [0.2, 0.25) is 0 Å². The van der Waals surface area contributed by atoms with Crippen molar-refractivity contribution >= 4 is 27.3 Å². The highest BCUT2D eigenvalue weighted by atomic mass is 32.2. The predicted molar refractivity (Wildman–Crippen MR) is 110 cm³/mol. The number of rotatable bonds is 9. The summed E-state index contributed by atoms with van der Waals surface area (Å²) in [5.74, 6) is -0.745. The van der Waals surface area contributed by atoms with Gasteiger partial charge in [0, 0.05) is 6.54 Å². The van der Waals surface area contributed by atoms with E-state index in [2.05, 4.69) is 10.1 Å². The van der Waals surface area contributed by atoms with Crippen LogP contribution >= 0.6 is 0 Å². The number of hydrogen-bond acceptors (Lipinski definition) is 5. The van der Waals surface area contributed by atoms with Crippen LogP contribution in [-0.4, -0.2) is 46.9 Å². The standard InChI is InChI=1S/C20H23F3N2O5S/c1-4-25(15-8-6-5-7-9-15)31(27,28)16-10-11-18(29-3)17(12-16)24-19(26)14(2)30-13-20(21,22)23/h5-12,14H,4,13H2,1-3H3,(H,24,26)/t14-/m0/s1. The van der Waals surface area contributed by atoms with Crippen molar-refractivity contribution in [3.05, 3.63) is 48.5 Å². The monoisotopic (exact) mass is 460 g/mol. The summed E-state index contributed by atoms with van der Waals surface area (Å²) in [5, 5.41) is 2.37. The van der Waals surface area contributed by atoms with Crippen LogP contribution in [0.3, 0.4) is 0 Å². The molecule has 11 heteroatoms. The molecule has 0 aliphatic carbocycles. The van der Waals surface area contributed by atoms with Gasteiger partial charge in [-0.15, -0.1) is 0 Å². The fourth-order valence-corrected chi connectivity index (χ4v) is 4.19. The number of ether oxygens (including phenoxy) is 2. The molecule has 0 saturated carbocycles. The lowest BCUT2D eigenvalue weighted by Gasteiger charge is -2.23. The third-order valence-electron chi connectivity index (χ3n) is 4.21. The number of alkyl halides is 3. The van der Waals surface area contributed by atoms with Gasteiger partial charge >= 0.3 is 6.18 Å². The molecule has 0 aliphatic heterocycles. The van der Waals surface area contributed by atoms with Crippen LogP contribution in [0.5, 0.6) is 5.75 Å². The van der Waals surface area contributed by atoms with Gasteiger partial charge in [0.05, 0.1) is 23.4 Å². The summed E-state index contributed by atoms with van der Waals surface area (Å²) in [6.07, 6.45) is -6.01. The van der Waals surface area contributed by atoms with Crippen LogP contribution in [0.25, 0.3) is 0 Å². The summed E-state index contributed by atoms with van der Waals surface area (Å²) < 4.78 is 74.1. The number of sulfonamides is 1. The second kappa shape index (κ2) is 10.0. The predicted octanol–water partition coefficient (Wildman–Crippen LogP) is 3.82. The van der Waals surface area contributed by atoms with Gasteiger partial charge in [-0.1, -0.05) is 18.2 Å². The van der Waals surface area contributed by atoms with Crippen molar-refractivity contribution in [1.82, 2.24) is 0 Å². The Morgan fingerprint density at radius 3 is 2.35 bits per heavy atom. The fourth-order valence-electron chi connectivity index (χ4n) is 2.69. The lowest BCUT2D eigenvalue weighted by molar-refractivity contribution is -0.184. The molecule has 2 aromatic carbocycles. The Balaban J connectivity index is 2.32. The molecule has 0 spiro atoms. The van der Waals surface area contributed by atoms with Crippen LogP contribution < -0.4 is 14.4 Å². The number of para-hydroxylation sites is 1. The summed E-state index contributed by atoms with van der Waals surface area (Å²) in [6.45, 7) is 1.40. The first-order valence-electron chi connectivity index (χ1n) is 9.24. The largest absolute Gasteiger partial charge is 0.495 e. The second-order valence-electron chi connectivity index (χ2n) is 6.43. The minimum absolute atomic E-state index is 0.0138. The number of halogens is 3. The Kier molecular flexibility index (Phi) is 7.91. The van der Waals surface area contributed by atoms with E-state index < -0.39 is 34.8 Å². The highest BCUT2D eigenvalue weighted by Crippen LogP contribution is 2.31. The third kappa shape index (κ3) is 6.34. The summed E-state index contributed by atoms with van der Waals surface area (Å²) in [7, 11) is -2.68. The third-order valence-corrected chi connectivity index (χ3v) is 6.11. The number of nitrogens with zero attached hydrogens (tertiary/aromatic N) is 1. The molecule has 31 heavy (non-hydrogen) atoms. The SMILES string of the molecule is CCN(c1ccccc1)S(=O)(=O)c1ccc(OC)c(NC(=O)[C@H](C)OCC(F)(F)F)c1. The lowest BCUT2D eigenvalue weighted by atomic mass is 10.2. The first-order chi connectivity index (χ1) is 14.5. The van der Waals surface area contributed by atoms with Gasteiger partial charge < -0.3 is 14.8 Å². The Hall–Kier alpha value is -2.79. The average molecular weight is 460 g/mol. The Bertz CT molecular complexity index is 998. The quantitative estimate of drug-likeness (QED) is 0.615. The first kappa shape index (κ1) is 24.5. The van der Waals surface area contributed by atoms with E-state index in [1.54, 1.807) is 37.3 Å². The van der Waals surface area contributed by atoms with E-state index in [0.29, 0.717) is 5.69 Å². The average Bonchev–Trinajstić information content (AvgIpc) is 2.72. The normalized spacial score (nSPS) is 12.8. The second-order valence-corrected chi connectivity index (χ2v) is 8.29. The molecule has 0 heterocycles. The van der Waals surface area contributed by atoms with E-state index in [-0.39, 0.29) is 22.9 Å². The Morgan fingerprint density at radius 1 is 1.16 bits per heavy atom. The fraction of sp³-hybridized carbons (Fsp3) is 0.350. The summed E-state index contributed by atoms with van der Waals surface area (Å²) in [4.78, 5) is 12.1. The molecule has 2 rings (SSSR count). The maximum absolute atomic E-state index is 13.2. The molecule has 0 fully saturated rings. The lowest BCUT2D eigenvalue weighted by Crippen LogP contribution is -2.32. The van der Waals surface area contributed by atoms with Gasteiger partial charge in [0.1, 0.15) is 18.5 Å². The molecule has 1 amide bonds. The molecule has 1 N–H and O–H groups in total. The number of amides is 1. The van der Waals surface area contributed by atoms with E-state index in [1.165, 1.54) is 29.6 Å². The minimum Gasteiger partial charge on any atom is -0.495 e. The van der Waals surface area contributed by atoms with Crippen molar-refractivity contribution < 1.29 is 35.9 Å². The zero-order valence-electron chi connectivity index (χ0n) is 17.1. The van der Waals surface area contributed by atoms with Crippen molar-refractivity contribution in [3.8, 4) is 5.75 Å². The topological polar surface area (TPSA) is 84.9 Å². The molecule has 0 saturated heterocycles. The van der Waals surface area contributed by atoms with Crippen molar-refractivity contribution in [1.29, 1.82) is 0 Å². The van der Waals surface area contributed by atoms with Gasteiger partial charge in [-0.05, 0) is 44.2 Å². The molecule has 0 unspecified atom stereocenters. The first-order valence-corrected chi connectivity index (χ1v) is 10.7. The van der Waals surface area contributed by atoms with E-state index in [4.69, 9.17) is 4.74 Å². The smallest absolute Gasteiger partial charge is 0.411 e. The summed E-state index contributed by atoms with van der Waals surface area (Å²) in [5.41, 5.74) is 0.445. The molecule has 170 valence electrons. The number of carbonyl (C=O) groups is 1. The Labute approximate surface area is 178 Å². The van der Waals surface area contributed by atoms with Crippen molar-refractivity contribution in [2.24, 2.45) is 0 Å². The summed E-state index contributed by atoms with van der Waals surface area (Å²) in [6, 6.07) is 12.3. The number of anilines is 2. The zero-order chi connectivity index (χ0) is 23.2. The molecule has 7 nitrogen and oxygen atoms in total. The molecule has 0 bridgehead atoms. The maximum atomic E-state index is 13.2. The molecular weight excluding hydrogens is 437 g/mol. The zero-order valence-corrected chi connectivity index (χ0v) is 18.0. The van der Waals surface area contributed by atoms with Crippen LogP contribution in [0, 0.1) is 0 Å². The van der Waals surface area contributed by atoms with Crippen molar-refractivity contribution in [2.45, 2.75) is 31.0 Å². The molecule has 0 aromatic heterocycles. The number of methoxy groups -OCH3 is 1. The Morgan fingerprint density at radius 2 is 1.81 bits per heavy atom. The van der Waals surface area contributed by atoms with Crippen LogP contribution in [0.1, 0.15) is 13.8 Å². The highest BCUT2D eigenvalue weighted by molar-refractivity contribution is 7.92. The molecule has 0 aliphatic rings. The number of nitrogens with one attached hydrogen (secondary N) is 1. The van der Waals surface area contributed by atoms with Crippen LogP contribution in [0.2, 0.25) is 0 Å². The van der Waals surface area contributed by atoms with Gasteiger partial charge in [0.15, 0.2) is 0 Å². The van der Waals surface area contributed by atoms with Gasteiger partial charge in [-0.3, -0.25) is 9.10 Å². The maximum Gasteiger partial charge on any atom is 0.411 e. The van der Waals surface area contributed by atoms with E-state index in [9.17, 15) is 26.4 Å². The van der Waals surface area contributed by atoms with Crippen molar-refractivity contribution in [3.63, 3.8) is 0 Å². The molecule has 0 radical (unpaired) electrons. The molecular formula is C20H23F3N2O5S. The number of benzene rings is 2. The molecule has 2 aromatic rings. The number of carbonyl (C=O) groups excluding carboxylic acids is 1. The van der Waals surface area contributed by atoms with Crippen molar-refractivity contribution in [2.75, 3.05) is 29.9 Å². The minimum atomic E-state index is -4.58. The van der Waals surface area contributed by atoms with E-state index in [0.717, 1.165) is 6.92 Å². The van der Waals surface area contributed by atoms with E-state index in [1.807, 2.05) is 0 Å². The highest BCUT2D eigenvalue weighted by Gasteiger charge is 2.30. The number of hydrogen-bond donors (Lipinski definition) is 1. The van der Waals surface area contributed by atoms with Gasteiger partial charge in [-0.2, -0.15) is 13.2 Å². The van der Waals surface area contributed by atoms with Crippen LogP contribution in [0.4, 0.5) is 24.5 Å². The molecule has 1 atom stereocenters. The summed E-state index contributed by atoms with van der Waals surface area (Å²) >= 11 is 0. The van der Waals surface area contributed by atoms with Crippen LogP contribution in [-0.2, 0) is 19.6 Å². The van der Waals surface area contributed by atoms with Gasteiger partial charge in [-0.25, -0.2) is 8.42 Å². The van der Waals surface area contributed by atoms with Gasteiger partial charge in [0.25, 0.3) is 15.9 Å².